The zero-order chi connectivity index (χ0) is 12.8. The van der Waals surface area contributed by atoms with Gasteiger partial charge in [0.2, 0.25) is 5.91 Å². The normalized spacial score (nSPS) is 25.3. The SMILES string of the molecule is CC(CO)CNC(=O)[C@@H]1CC=CC[C@@H]1C(=O)O. The number of hydrogen-bond donors (Lipinski definition) is 3. The highest BCUT2D eigenvalue weighted by Gasteiger charge is 2.33. The number of carboxylic acid groups (broad SMARTS) is 1. The van der Waals surface area contributed by atoms with Crippen molar-refractivity contribution in [1.82, 2.24) is 5.32 Å². The number of rotatable bonds is 5. The van der Waals surface area contributed by atoms with Gasteiger partial charge in [-0.05, 0) is 18.8 Å². The van der Waals surface area contributed by atoms with E-state index in [9.17, 15) is 9.59 Å². The number of aliphatic carboxylic acids is 1. The smallest absolute Gasteiger partial charge is 0.307 e. The van der Waals surface area contributed by atoms with Gasteiger partial charge in [-0.2, -0.15) is 0 Å². The van der Waals surface area contributed by atoms with Crippen LogP contribution in [-0.4, -0.2) is 35.2 Å². The van der Waals surface area contributed by atoms with E-state index in [1.807, 2.05) is 13.0 Å². The predicted octanol–water partition coefficient (Wildman–Crippen LogP) is 0.398. The molecular formula is C12H19NO4. The molecular weight excluding hydrogens is 222 g/mol. The number of nitrogens with one attached hydrogen (secondary N) is 1. The molecule has 1 aliphatic rings. The quantitative estimate of drug-likeness (QED) is 0.608. The molecule has 5 nitrogen and oxygen atoms in total. The van der Waals surface area contributed by atoms with E-state index in [0.717, 1.165) is 0 Å². The summed E-state index contributed by atoms with van der Waals surface area (Å²) in [5.41, 5.74) is 0. The second-order valence-corrected chi connectivity index (χ2v) is 4.53. The number of allylic oxidation sites excluding steroid dienone is 2. The first kappa shape index (κ1) is 13.7. The van der Waals surface area contributed by atoms with Gasteiger partial charge in [-0.15, -0.1) is 0 Å². The van der Waals surface area contributed by atoms with Crippen LogP contribution >= 0.6 is 0 Å². The molecule has 0 aromatic heterocycles. The lowest BCUT2D eigenvalue weighted by Crippen LogP contribution is -2.40. The summed E-state index contributed by atoms with van der Waals surface area (Å²) < 4.78 is 0. The molecule has 0 aromatic carbocycles. The van der Waals surface area contributed by atoms with Gasteiger partial charge in [0.15, 0.2) is 0 Å². The molecule has 3 N–H and O–H groups in total. The molecule has 0 bridgehead atoms. The highest BCUT2D eigenvalue weighted by molar-refractivity contribution is 5.85. The zero-order valence-corrected chi connectivity index (χ0v) is 9.93. The summed E-state index contributed by atoms with van der Waals surface area (Å²) in [4.78, 5) is 22.9. The van der Waals surface area contributed by atoms with Crippen molar-refractivity contribution in [3.63, 3.8) is 0 Å². The van der Waals surface area contributed by atoms with Gasteiger partial charge in [0.05, 0.1) is 11.8 Å². The Morgan fingerprint density at radius 1 is 1.35 bits per heavy atom. The Hall–Kier alpha value is -1.36. The van der Waals surface area contributed by atoms with Crippen LogP contribution < -0.4 is 5.32 Å². The van der Waals surface area contributed by atoms with Crippen molar-refractivity contribution in [1.29, 1.82) is 0 Å². The molecule has 0 spiro atoms. The number of hydrogen-bond acceptors (Lipinski definition) is 3. The summed E-state index contributed by atoms with van der Waals surface area (Å²) in [6, 6.07) is 0. The lowest BCUT2D eigenvalue weighted by molar-refractivity contribution is -0.147. The van der Waals surface area contributed by atoms with Crippen LogP contribution in [0.4, 0.5) is 0 Å². The molecule has 0 saturated carbocycles. The number of carboxylic acids is 1. The molecule has 96 valence electrons. The highest BCUT2D eigenvalue weighted by Crippen LogP contribution is 2.25. The third kappa shape index (κ3) is 3.85. The van der Waals surface area contributed by atoms with Crippen molar-refractivity contribution in [3.05, 3.63) is 12.2 Å². The lowest BCUT2D eigenvalue weighted by atomic mass is 9.82. The molecule has 1 amide bonds. The molecule has 1 unspecified atom stereocenters. The minimum atomic E-state index is -0.926. The average molecular weight is 241 g/mol. The topological polar surface area (TPSA) is 86.6 Å². The Kier molecular flexibility index (Phi) is 5.15. The van der Waals surface area contributed by atoms with Gasteiger partial charge in [-0.1, -0.05) is 19.1 Å². The molecule has 3 atom stereocenters. The molecule has 0 aliphatic heterocycles. The highest BCUT2D eigenvalue weighted by atomic mass is 16.4. The summed E-state index contributed by atoms with van der Waals surface area (Å²) in [5, 5.41) is 20.6. The summed E-state index contributed by atoms with van der Waals surface area (Å²) in [7, 11) is 0. The molecule has 0 aromatic rings. The van der Waals surface area contributed by atoms with E-state index in [1.165, 1.54) is 0 Å². The largest absolute Gasteiger partial charge is 0.481 e. The monoisotopic (exact) mass is 241 g/mol. The second kappa shape index (κ2) is 6.39. The number of aliphatic hydroxyl groups excluding tert-OH is 1. The van der Waals surface area contributed by atoms with Crippen molar-refractivity contribution in [2.45, 2.75) is 19.8 Å². The Labute approximate surface area is 101 Å². The first-order valence-electron chi connectivity index (χ1n) is 5.82. The first-order valence-corrected chi connectivity index (χ1v) is 5.82. The second-order valence-electron chi connectivity index (χ2n) is 4.53. The summed E-state index contributed by atoms with van der Waals surface area (Å²) in [5.74, 6) is -2.30. The summed E-state index contributed by atoms with van der Waals surface area (Å²) in [6.45, 7) is 2.20. The average Bonchev–Trinajstić information content (AvgIpc) is 2.35. The number of aliphatic hydroxyl groups is 1. The van der Waals surface area contributed by atoms with Crippen molar-refractivity contribution in [3.8, 4) is 0 Å². The Bertz CT molecular complexity index is 314. The van der Waals surface area contributed by atoms with Gasteiger partial charge in [-0.3, -0.25) is 9.59 Å². The number of carbonyl (C=O) groups is 2. The third-order valence-electron chi connectivity index (χ3n) is 3.02. The maximum absolute atomic E-state index is 11.8. The minimum Gasteiger partial charge on any atom is -0.481 e. The van der Waals surface area contributed by atoms with Gasteiger partial charge >= 0.3 is 5.97 Å². The molecule has 0 saturated heterocycles. The molecule has 1 rings (SSSR count). The fraction of sp³-hybridized carbons (Fsp3) is 0.667. The van der Waals surface area contributed by atoms with Crippen LogP contribution in [0.5, 0.6) is 0 Å². The van der Waals surface area contributed by atoms with E-state index in [4.69, 9.17) is 10.2 Å². The van der Waals surface area contributed by atoms with Crippen LogP contribution in [0.3, 0.4) is 0 Å². The van der Waals surface area contributed by atoms with Crippen LogP contribution in [0.25, 0.3) is 0 Å². The first-order chi connectivity index (χ1) is 8.06. The van der Waals surface area contributed by atoms with Crippen LogP contribution in [0.15, 0.2) is 12.2 Å². The van der Waals surface area contributed by atoms with Gasteiger partial charge in [0.1, 0.15) is 0 Å². The third-order valence-corrected chi connectivity index (χ3v) is 3.02. The van der Waals surface area contributed by atoms with E-state index in [0.29, 0.717) is 19.4 Å². The summed E-state index contributed by atoms with van der Waals surface area (Å²) in [6.07, 6.45) is 4.53. The maximum atomic E-state index is 11.8. The summed E-state index contributed by atoms with van der Waals surface area (Å²) >= 11 is 0. The minimum absolute atomic E-state index is 0.00715. The van der Waals surface area contributed by atoms with Crippen LogP contribution in [0.2, 0.25) is 0 Å². The van der Waals surface area contributed by atoms with E-state index in [-0.39, 0.29) is 18.4 Å². The van der Waals surface area contributed by atoms with Gasteiger partial charge in [0.25, 0.3) is 0 Å². The van der Waals surface area contributed by atoms with Crippen molar-refractivity contribution < 1.29 is 19.8 Å². The van der Waals surface area contributed by atoms with Crippen molar-refractivity contribution >= 4 is 11.9 Å². The number of carbonyl (C=O) groups excluding carboxylic acids is 1. The Morgan fingerprint density at radius 3 is 2.47 bits per heavy atom. The molecule has 17 heavy (non-hydrogen) atoms. The molecule has 0 heterocycles. The van der Waals surface area contributed by atoms with E-state index < -0.39 is 17.8 Å². The molecule has 0 radical (unpaired) electrons. The van der Waals surface area contributed by atoms with Gasteiger partial charge in [0, 0.05) is 13.2 Å². The Morgan fingerprint density at radius 2 is 1.94 bits per heavy atom. The van der Waals surface area contributed by atoms with E-state index in [2.05, 4.69) is 5.32 Å². The van der Waals surface area contributed by atoms with Gasteiger partial charge < -0.3 is 15.5 Å². The van der Waals surface area contributed by atoms with E-state index in [1.54, 1.807) is 6.08 Å². The molecule has 5 heteroatoms. The molecule has 1 aliphatic carbocycles. The predicted molar refractivity (Wildman–Crippen MR) is 62.2 cm³/mol. The molecule has 0 fully saturated rings. The van der Waals surface area contributed by atoms with Crippen molar-refractivity contribution in [2.24, 2.45) is 17.8 Å². The fourth-order valence-electron chi connectivity index (χ4n) is 1.85. The Balaban J connectivity index is 2.54. The standard InChI is InChI=1S/C12H19NO4/c1-8(7-14)6-13-11(15)9-4-2-3-5-10(9)12(16)17/h2-3,8-10,14H,4-7H2,1H3,(H,13,15)(H,16,17)/t8?,9-,10+/m1/s1. The van der Waals surface area contributed by atoms with Crippen LogP contribution in [0, 0.1) is 17.8 Å². The van der Waals surface area contributed by atoms with E-state index >= 15 is 0 Å². The van der Waals surface area contributed by atoms with Gasteiger partial charge in [-0.25, -0.2) is 0 Å². The lowest BCUT2D eigenvalue weighted by Gasteiger charge is -2.24. The van der Waals surface area contributed by atoms with Crippen LogP contribution in [-0.2, 0) is 9.59 Å². The fourth-order valence-corrected chi connectivity index (χ4v) is 1.85. The van der Waals surface area contributed by atoms with Crippen LogP contribution in [0.1, 0.15) is 19.8 Å². The van der Waals surface area contributed by atoms with Crippen molar-refractivity contribution in [2.75, 3.05) is 13.2 Å². The zero-order valence-electron chi connectivity index (χ0n) is 9.93. The maximum Gasteiger partial charge on any atom is 0.307 e. The number of amides is 1.